The Morgan fingerprint density at radius 1 is 0.765 bits per heavy atom. The molecule has 6 aromatic rings. The summed E-state index contributed by atoms with van der Waals surface area (Å²) in [5, 5.41) is 14.7. The Bertz CT molecular complexity index is 1560. The number of ether oxygens (including phenoxy) is 2. The molecule has 0 unspecified atom stereocenters. The van der Waals surface area contributed by atoms with Crippen LogP contribution in [0.15, 0.2) is 83.3 Å². The van der Waals surface area contributed by atoms with Gasteiger partial charge in [-0.1, -0.05) is 36.4 Å². The Balaban J connectivity index is 1.11. The predicted octanol–water partition coefficient (Wildman–Crippen LogP) is 4.71. The van der Waals surface area contributed by atoms with Crippen LogP contribution in [0.1, 0.15) is 11.3 Å². The lowest BCUT2D eigenvalue weighted by molar-refractivity contribution is 0.295. The molecule has 0 saturated heterocycles. The third-order valence-corrected chi connectivity index (χ3v) is 5.31. The number of aromatic nitrogens is 6. The van der Waals surface area contributed by atoms with Gasteiger partial charge in [0.1, 0.15) is 30.2 Å². The maximum Gasteiger partial charge on any atom is 0.267 e. The number of rotatable bonds is 7. The number of fused-ring (bicyclic) bond motifs is 2. The van der Waals surface area contributed by atoms with E-state index in [1.807, 2.05) is 72.8 Å². The molecule has 0 aliphatic rings. The van der Waals surface area contributed by atoms with Crippen molar-refractivity contribution >= 4 is 22.0 Å². The first kappa shape index (κ1) is 19.9. The molecule has 0 aliphatic carbocycles. The lowest BCUT2D eigenvalue weighted by Gasteiger charge is -2.09. The first-order valence-electron chi connectivity index (χ1n) is 10.6. The molecular formula is C25H18N6O3. The minimum atomic E-state index is 0.329. The van der Waals surface area contributed by atoms with E-state index in [2.05, 4.69) is 36.7 Å². The second kappa shape index (κ2) is 8.62. The van der Waals surface area contributed by atoms with E-state index in [9.17, 15) is 0 Å². The highest BCUT2D eigenvalue weighted by Crippen LogP contribution is 2.26. The fourth-order valence-electron chi connectivity index (χ4n) is 3.61. The van der Waals surface area contributed by atoms with Crippen LogP contribution in [0.5, 0.6) is 11.5 Å². The van der Waals surface area contributed by atoms with Crippen molar-refractivity contribution in [2.45, 2.75) is 13.2 Å². The Morgan fingerprint density at radius 3 is 2.41 bits per heavy atom. The van der Waals surface area contributed by atoms with Crippen LogP contribution in [-0.2, 0) is 13.2 Å². The number of H-pyrrole nitrogens is 1. The number of nitrogens with one attached hydrogen (secondary N) is 1. The maximum absolute atomic E-state index is 5.97. The van der Waals surface area contributed by atoms with Gasteiger partial charge in [-0.2, -0.15) is 0 Å². The quantitative estimate of drug-likeness (QED) is 0.372. The molecule has 0 fully saturated rings. The van der Waals surface area contributed by atoms with Crippen LogP contribution >= 0.6 is 0 Å². The molecule has 3 heterocycles. The highest BCUT2D eigenvalue weighted by atomic mass is 16.5. The summed E-state index contributed by atoms with van der Waals surface area (Å²) in [5.74, 6) is 2.16. The molecule has 9 heteroatoms. The summed E-state index contributed by atoms with van der Waals surface area (Å²) in [5.41, 5.74) is 4.07. The first-order valence-corrected chi connectivity index (χ1v) is 10.6. The van der Waals surface area contributed by atoms with Gasteiger partial charge in [-0.15, -0.1) is 5.10 Å². The summed E-state index contributed by atoms with van der Waals surface area (Å²) in [6, 6.07) is 25.2. The summed E-state index contributed by atoms with van der Waals surface area (Å²) in [7, 11) is 0. The number of hydrogen-bond donors (Lipinski definition) is 1. The van der Waals surface area contributed by atoms with E-state index >= 15 is 0 Å². The van der Waals surface area contributed by atoms with E-state index in [0.717, 1.165) is 33.7 Å². The van der Waals surface area contributed by atoms with Crippen LogP contribution in [0.2, 0.25) is 0 Å². The monoisotopic (exact) mass is 450 g/mol. The van der Waals surface area contributed by atoms with E-state index in [-0.39, 0.29) is 0 Å². The second-order valence-corrected chi connectivity index (χ2v) is 7.58. The Kier molecular flexibility index (Phi) is 5.04. The molecule has 9 nitrogen and oxygen atoms in total. The first-order chi connectivity index (χ1) is 16.8. The number of oxazole rings is 1. The van der Waals surface area contributed by atoms with Crippen LogP contribution < -0.4 is 9.47 Å². The zero-order valence-corrected chi connectivity index (χ0v) is 17.9. The summed E-state index contributed by atoms with van der Waals surface area (Å²) >= 11 is 0. The SMILES string of the molecule is c1ccc2nc(COc3ccc(OCc4cccc5oc(-c6nnn[nH]6)nc45)cc3)ccc2c1. The Morgan fingerprint density at radius 2 is 1.59 bits per heavy atom. The number of aromatic amines is 1. The molecule has 3 aromatic heterocycles. The van der Waals surface area contributed by atoms with E-state index < -0.39 is 0 Å². The zero-order chi connectivity index (χ0) is 22.7. The molecule has 0 spiro atoms. The lowest BCUT2D eigenvalue weighted by atomic mass is 10.2. The highest BCUT2D eigenvalue weighted by Gasteiger charge is 2.14. The summed E-state index contributed by atoms with van der Waals surface area (Å²) in [6.07, 6.45) is 0. The number of pyridine rings is 1. The normalized spacial score (nSPS) is 11.2. The molecule has 0 radical (unpaired) electrons. The van der Waals surface area contributed by atoms with Crippen molar-refractivity contribution < 1.29 is 13.9 Å². The Hall–Kier alpha value is -4.79. The summed E-state index contributed by atoms with van der Waals surface area (Å²) in [4.78, 5) is 9.14. The molecule has 166 valence electrons. The summed E-state index contributed by atoms with van der Waals surface area (Å²) in [6.45, 7) is 0.724. The van der Waals surface area contributed by atoms with Gasteiger partial charge in [-0.25, -0.2) is 15.1 Å². The molecule has 0 saturated carbocycles. The number of benzene rings is 3. The van der Waals surface area contributed by atoms with Gasteiger partial charge in [-0.3, -0.25) is 0 Å². The molecule has 0 atom stereocenters. The number of nitrogens with zero attached hydrogens (tertiary/aromatic N) is 5. The minimum absolute atomic E-state index is 0.329. The van der Waals surface area contributed by atoms with Crippen LogP contribution in [-0.4, -0.2) is 30.6 Å². The third-order valence-electron chi connectivity index (χ3n) is 5.31. The van der Waals surface area contributed by atoms with Crippen LogP contribution in [0.3, 0.4) is 0 Å². The number of para-hydroxylation sites is 2. The van der Waals surface area contributed by atoms with Crippen molar-refractivity contribution in [1.29, 1.82) is 0 Å². The van der Waals surface area contributed by atoms with Crippen LogP contribution in [0, 0.1) is 0 Å². The van der Waals surface area contributed by atoms with Gasteiger partial charge in [0.2, 0.25) is 5.82 Å². The van der Waals surface area contributed by atoms with Gasteiger partial charge in [0.15, 0.2) is 5.58 Å². The average Bonchev–Trinajstić information content (AvgIpc) is 3.57. The zero-order valence-electron chi connectivity index (χ0n) is 17.9. The van der Waals surface area contributed by atoms with Gasteiger partial charge in [-0.05, 0) is 52.9 Å². The van der Waals surface area contributed by atoms with Gasteiger partial charge in [0.25, 0.3) is 5.89 Å². The number of tetrazole rings is 1. The smallest absolute Gasteiger partial charge is 0.267 e. The molecule has 1 N–H and O–H groups in total. The lowest BCUT2D eigenvalue weighted by Crippen LogP contribution is -1.99. The molecule has 3 aromatic carbocycles. The van der Waals surface area contributed by atoms with E-state index in [0.29, 0.717) is 36.0 Å². The van der Waals surface area contributed by atoms with Gasteiger partial charge in [0, 0.05) is 10.9 Å². The maximum atomic E-state index is 5.97. The second-order valence-electron chi connectivity index (χ2n) is 7.58. The predicted molar refractivity (Wildman–Crippen MR) is 124 cm³/mol. The highest BCUT2D eigenvalue weighted by molar-refractivity contribution is 5.79. The fraction of sp³-hybridized carbons (Fsp3) is 0.0800. The third kappa shape index (κ3) is 4.02. The molecule has 6 rings (SSSR count). The standard InChI is InChI=1S/C25H18N6O3/c1-2-6-21-16(4-1)8-9-18(26-21)15-33-20-12-10-19(11-13-20)32-14-17-5-3-7-22-23(17)27-25(34-22)24-28-30-31-29-24/h1-13H,14-15H2,(H,28,29,30,31). The van der Waals surface area contributed by atoms with E-state index in [1.54, 1.807) is 0 Å². The van der Waals surface area contributed by atoms with Crippen molar-refractivity contribution in [2.24, 2.45) is 0 Å². The molecule has 0 bridgehead atoms. The van der Waals surface area contributed by atoms with Crippen LogP contribution in [0.4, 0.5) is 0 Å². The largest absolute Gasteiger partial charge is 0.489 e. The number of hydrogen-bond acceptors (Lipinski definition) is 8. The van der Waals surface area contributed by atoms with Gasteiger partial charge in [0.05, 0.1) is 11.2 Å². The molecule has 34 heavy (non-hydrogen) atoms. The topological polar surface area (TPSA) is 112 Å². The molecular weight excluding hydrogens is 432 g/mol. The van der Waals surface area contributed by atoms with Crippen molar-refractivity contribution in [1.82, 2.24) is 30.6 Å². The fourth-order valence-corrected chi connectivity index (χ4v) is 3.61. The summed E-state index contributed by atoms with van der Waals surface area (Å²) < 4.78 is 17.6. The van der Waals surface area contributed by atoms with E-state index in [1.165, 1.54) is 0 Å². The van der Waals surface area contributed by atoms with Crippen molar-refractivity contribution in [3.05, 3.63) is 90.1 Å². The van der Waals surface area contributed by atoms with Crippen molar-refractivity contribution in [3.63, 3.8) is 0 Å². The van der Waals surface area contributed by atoms with Crippen molar-refractivity contribution in [2.75, 3.05) is 0 Å². The minimum Gasteiger partial charge on any atom is -0.489 e. The molecule has 0 aliphatic heterocycles. The Labute approximate surface area is 193 Å². The van der Waals surface area contributed by atoms with Crippen LogP contribution in [0.25, 0.3) is 33.7 Å². The van der Waals surface area contributed by atoms with E-state index in [4.69, 9.17) is 13.9 Å². The molecule has 0 amide bonds. The average molecular weight is 450 g/mol. The van der Waals surface area contributed by atoms with Crippen molar-refractivity contribution in [3.8, 4) is 23.2 Å². The van der Waals surface area contributed by atoms with Gasteiger partial charge < -0.3 is 13.9 Å². The van der Waals surface area contributed by atoms with Gasteiger partial charge >= 0.3 is 0 Å².